The van der Waals surface area contributed by atoms with Crippen LogP contribution >= 0.6 is 0 Å². The Morgan fingerprint density at radius 3 is 2.40 bits per heavy atom. The predicted octanol–water partition coefficient (Wildman–Crippen LogP) is 3.57. The average Bonchev–Trinajstić information content (AvgIpc) is 2.83. The summed E-state index contributed by atoms with van der Waals surface area (Å²) in [6.07, 6.45) is -0.545. The van der Waals surface area contributed by atoms with Crippen LogP contribution in [-0.2, 0) is 4.79 Å². The molecule has 0 fully saturated rings. The Bertz CT molecular complexity index is 765. The van der Waals surface area contributed by atoms with Crippen molar-refractivity contribution in [2.24, 2.45) is 0 Å². The van der Waals surface area contributed by atoms with Crippen LogP contribution in [0.3, 0.4) is 0 Å². The van der Waals surface area contributed by atoms with Gasteiger partial charge in [-0.1, -0.05) is 6.07 Å². The number of carbonyl (C=O) groups excluding carboxylic acids is 1. The molecule has 136 valence electrons. The van der Waals surface area contributed by atoms with Crippen molar-refractivity contribution in [2.75, 3.05) is 6.54 Å². The number of benzene rings is 1. The average molecular weight is 343 g/mol. The molecule has 1 aromatic carbocycles. The number of nitrogens with one attached hydrogen (secondary N) is 1. The number of ether oxygens (including phenoxy) is 1. The van der Waals surface area contributed by atoms with Gasteiger partial charge >= 0.3 is 0 Å². The smallest absolute Gasteiger partial charge is 0.260 e. The van der Waals surface area contributed by atoms with Crippen LogP contribution in [0.1, 0.15) is 48.0 Å². The van der Waals surface area contributed by atoms with E-state index in [2.05, 4.69) is 31.2 Å². The van der Waals surface area contributed by atoms with E-state index in [-0.39, 0.29) is 11.9 Å². The highest BCUT2D eigenvalue weighted by Gasteiger charge is 2.18. The fourth-order valence-corrected chi connectivity index (χ4v) is 2.70. The summed E-state index contributed by atoms with van der Waals surface area (Å²) in [4.78, 5) is 12.3. The van der Waals surface area contributed by atoms with Crippen molar-refractivity contribution in [3.05, 3.63) is 46.3 Å². The number of rotatable bonds is 6. The van der Waals surface area contributed by atoms with Crippen molar-refractivity contribution >= 4 is 5.91 Å². The van der Waals surface area contributed by atoms with E-state index < -0.39 is 6.10 Å². The first kappa shape index (κ1) is 19.0. The van der Waals surface area contributed by atoms with Crippen LogP contribution in [0.4, 0.5) is 0 Å². The second kappa shape index (κ2) is 7.72. The number of carbonyl (C=O) groups is 1. The molecule has 5 nitrogen and oxygen atoms in total. The molecular weight excluding hydrogens is 314 g/mol. The van der Waals surface area contributed by atoms with E-state index in [1.807, 2.05) is 43.7 Å². The molecule has 25 heavy (non-hydrogen) atoms. The molecule has 5 heteroatoms. The molecule has 0 radical (unpaired) electrons. The molecule has 2 atom stereocenters. The van der Waals surface area contributed by atoms with E-state index in [1.165, 1.54) is 11.1 Å². The molecular formula is C20H29N3O2. The molecule has 1 heterocycles. The molecule has 2 aromatic rings. The number of nitrogens with zero attached hydrogens (tertiary/aromatic N) is 2. The van der Waals surface area contributed by atoms with E-state index in [0.29, 0.717) is 12.3 Å². The van der Waals surface area contributed by atoms with Gasteiger partial charge in [0.1, 0.15) is 5.75 Å². The molecule has 0 saturated heterocycles. The van der Waals surface area contributed by atoms with E-state index in [9.17, 15) is 4.79 Å². The van der Waals surface area contributed by atoms with Crippen molar-refractivity contribution in [3.8, 4) is 5.75 Å². The zero-order valence-corrected chi connectivity index (χ0v) is 16.3. The summed E-state index contributed by atoms with van der Waals surface area (Å²) in [5.74, 6) is 0.594. The topological polar surface area (TPSA) is 56.1 Å². The predicted molar refractivity (Wildman–Crippen MR) is 100 cm³/mol. The zero-order valence-electron chi connectivity index (χ0n) is 16.3. The Morgan fingerprint density at radius 2 is 1.84 bits per heavy atom. The van der Waals surface area contributed by atoms with Gasteiger partial charge in [-0.2, -0.15) is 5.10 Å². The van der Waals surface area contributed by atoms with Gasteiger partial charge in [0.05, 0.1) is 11.7 Å². The Labute approximate surface area is 150 Å². The summed E-state index contributed by atoms with van der Waals surface area (Å²) < 4.78 is 7.73. The summed E-state index contributed by atoms with van der Waals surface area (Å²) >= 11 is 0. The van der Waals surface area contributed by atoms with Crippen LogP contribution in [0.25, 0.3) is 0 Å². The lowest BCUT2D eigenvalue weighted by Crippen LogP contribution is -2.39. The van der Waals surface area contributed by atoms with Crippen LogP contribution in [-0.4, -0.2) is 28.3 Å². The normalized spacial score (nSPS) is 13.4. The van der Waals surface area contributed by atoms with Crippen molar-refractivity contribution in [1.82, 2.24) is 15.1 Å². The van der Waals surface area contributed by atoms with Gasteiger partial charge in [-0.3, -0.25) is 9.48 Å². The largest absolute Gasteiger partial charge is 0.481 e. The highest BCUT2D eigenvalue weighted by molar-refractivity contribution is 5.80. The van der Waals surface area contributed by atoms with Gasteiger partial charge in [-0.15, -0.1) is 0 Å². The van der Waals surface area contributed by atoms with Crippen molar-refractivity contribution in [2.45, 2.75) is 60.6 Å². The molecule has 0 spiro atoms. The minimum atomic E-state index is -0.545. The molecule has 0 bridgehead atoms. The third-order valence-corrected chi connectivity index (χ3v) is 4.84. The van der Waals surface area contributed by atoms with Gasteiger partial charge in [0.15, 0.2) is 6.10 Å². The Hall–Kier alpha value is -2.30. The lowest BCUT2D eigenvalue weighted by Gasteiger charge is -2.19. The SMILES string of the molecule is Cc1ccc(O[C@H](C)C(=O)NC[C@H](C)n2nc(C)c(C)c2C)cc1C. The highest BCUT2D eigenvalue weighted by Crippen LogP contribution is 2.18. The van der Waals surface area contributed by atoms with Crippen molar-refractivity contribution < 1.29 is 9.53 Å². The molecule has 0 aliphatic rings. The first-order valence-electron chi connectivity index (χ1n) is 8.74. The first-order valence-corrected chi connectivity index (χ1v) is 8.74. The fraction of sp³-hybridized carbons (Fsp3) is 0.500. The molecule has 0 aliphatic carbocycles. The molecule has 0 saturated carbocycles. The summed E-state index contributed by atoms with van der Waals surface area (Å²) in [6, 6.07) is 5.95. The monoisotopic (exact) mass is 343 g/mol. The zero-order chi connectivity index (χ0) is 18.7. The quantitative estimate of drug-likeness (QED) is 0.872. The lowest BCUT2D eigenvalue weighted by molar-refractivity contribution is -0.127. The number of hydrogen-bond donors (Lipinski definition) is 1. The summed E-state index contributed by atoms with van der Waals surface area (Å²) in [5, 5.41) is 7.51. The number of hydrogen-bond acceptors (Lipinski definition) is 3. The van der Waals surface area contributed by atoms with Gasteiger partial charge in [0.25, 0.3) is 5.91 Å². The highest BCUT2D eigenvalue weighted by atomic mass is 16.5. The van der Waals surface area contributed by atoms with Crippen LogP contribution < -0.4 is 10.1 Å². The molecule has 0 unspecified atom stereocenters. The maximum Gasteiger partial charge on any atom is 0.260 e. The van der Waals surface area contributed by atoms with Gasteiger partial charge in [0.2, 0.25) is 0 Å². The van der Waals surface area contributed by atoms with Crippen LogP contribution in [0.15, 0.2) is 18.2 Å². The van der Waals surface area contributed by atoms with Gasteiger partial charge < -0.3 is 10.1 Å². The standard InChI is InChI=1S/C20H29N3O2/c1-12-8-9-19(10-13(12)2)25-18(7)20(24)21-11-14(3)23-17(6)15(4)16(5)22-23/h8-10,14,18H,11H2,1-7H3,(H,21,24)/t14-,18+/m0/s1. The van der Waals surface area contributed by atoms with Crippen molar-refractivity contribution in [3.63, 3.8) is 0 Å². The molecule has 0 aliphatic heterocycles. The molecule has 1 N–H and O–H groups in total. The van der Waals surface area contributed by atoms with E-state index >= 15 is 0 Å². The molecule has 2 rings (SSSR count). The van der Waals surface area contributed by atoms with Crippen LogP contribution in [0.2, 0.25) is 0 Å². The Balaban J connectivity index is 1.92. The summed E-state index contributed by atoms with van der Waals surface area (Å²) in [7, 11) is 0. The fourth-order valence-electron chi connectivity index (χ4n) is 2.70. The Morgan fingerprint density at radius 1 is 1.16 bits per heavy atom. The van der Waals surface area contributed by atoms with Gasteiger partial charge in [-0.05, 0) is 77.3 Å². The van der Waals surface area contributed by atoms with Crippen LogP contribution in [0, 0.1) is 34.6 Å². The molecule has 1 aromatic heterocycles. The van der Waals surface area contributed by atoms with Crippen LogP contribution in [0.5, 0.6) is 5.75 Å². The van der Waals surface area contributed by atoms with Gasteiger partial charge in [0, 0.05) is 12.2 Å². The van der Waals surface area contributed by atoms with Crippen molar-refractivity contribution in [1.29, 1.82) is 0 Å². The summed E-state index contributed by atoms with van der Waals surface area (Å²) in [5.41, 5.74) is 5.72. The van der Waals surface area contributed by atoms with E-state index in [0.717, 1.165) is 17.0 Å². The first-order chi connectivity index (χ1) is 11.7. The maximum absolute atomic E-state index is 12.3. The maximum atomic E-state index is 12.3. The second-order valence-corrected chi connectivity index (χ2v) is 6.84. The van der Waals surface area contributed by atoms with Gasteiger partial charge in [-0.25, -0.2) is 0 Å². The number of aryl methyl sites for hydroxylation is 3. The Kier molecular flexibility index (Phi) is 5.88. The number of amides is 1. The van der Waals surface area contributed by atoms with E-state index in [1.54, 1.807) is 6.92 Å². The lowest BCUT2D eigenvalue weighted by atomic mass is 10.1. The second-order valence-electron chi connectivity index (χ2n) is 6.84. The molecule has 1 amide bonds. The summed E-state index contributed by atoms with van der Waals surface area (Å²) in [6.45, 7) is 14.5. The minimum absolute atomic E-state index is 0.0881. The minimum Gasteiger partial charge on any atom is -0.481 e. The third kappa shape index (κ3) is 4.41. The third-order valence-electron chi connectivity index (χ3n) is 4.84. The van der Waals surface area contributed by atoms with E-state index in [4.69, 9.17) is 4.74 Å². The number of aromatic nitrogens is 2.